The molecule has 0 radical (unpaired) electrons. The zero-order valence-corrected chi connectivity index (χ0v) is 42.9. The average Bonchev–Trinajstić information content (AvgIpc) is 4.24. The Morgan fingerprint density at radius 2 is 1.41 bits per heavy atom. The number of aliphatic carboxylic acids is 1. The number of carboxylic acid groups (broad SMARTS) is 1. The minimum Gasteiger partial charge on any atom is -0.506 e. The molecule has 3 aliphatic rings. The third kappa shape index (κ3) is 17.4. The Balaban J connectivity index is 0.000000409. The summed E-state index contributed by atoms with van der Waals surface area (Å²) in [6.45, 7) is 5.74. The molecular formula is C54H55F3N10O10S. The number of phenolic OH excluding ortho intramolecular Hbond substituents is 1. The van der Waals surface area contributed by atoms with E-state index >= 15 is 0 Å². The number of aromatic hydroxyl groups is 1. The Morgan fingerprint density at radius 1 is 0.795 bits per heavy atom. The highest BCUT2D eigenvalue weighted by atomic mass is 32.2. The van der Waals surface area contributed by atoms with Crippen LogP contribution in [0.15, 0.2) is 146 Å². The van der Waals surface area contributed by atoms with Crippen LogP contribution in [0.4, 0.5) is 46.4 Å². The summed E-state index contributed by atoms with van der Waals surface area (Å²) in [5.74, 6) is -2.16. The number of hydrogen-bond donors (Lipinski definition) is 10. The molecule has 8 rings (SSSR count). The Hall–Kier alpha value is -9.32. The Labute approximate surface area is 450 Å². The van der Waals surface area contributed by atoms with Crippen LogP contribution in [0.25, 0.3) is 6.08 Å². The molecule has 0 saturated carbocycles. The lowest BCUT2D eigenvalue weighted by Crippen LogP contribution is -2.25. The van der Waals surface area contributed by atoms with Crippen LogP contribution in [0.5, 0.6) is 11.5 Å². The molecule has 24 heteroatoms. The molecule has 3 aliphatic heterocycles. The van der Waals surface area contributed by atoms with Crippen molar-refractivity contribution in [2.75, 3.05) is 74.3 Å². The summed E-state index contributed by atoms with van der Waals surface area (Å²) in [4.78, 5) is 72.2. The van der Waals surface area contributed by atoms with Crippen molar-refractivity contribution in [2.45, 2.75) is 25.9 Å². The van der Waals surface area contributed by atoms with Gasteiger partial charge in [-0.15, -0.1) is 0 Å². The van der Waals surface area contributed by atoms with E-state index in [1.165, 1.54) is 24.3 Å². The summed E-state index contributed by atoms with van der Waals surface area (Å²) >= 11 is 1.11. The van der Waals surface area contributed by atoms with Gasteiger partial charge in [-0.25, -0.2) is 19.4 Å². The van der Waals surface area contributed by atoms with E-state index in [0.29, 0.717) is 64.1 Å². The number of alkyl halides is 3. The number of carbonyl (C=O) groups excluding carboxylic acids is 4. The summed E-state index contributed by atoms with van der Waals surface area (Å²) in [5.41, 5.74) is 5.74. The highest BCUT2D eigenvalue weighted by Gasteiger charge is 2.38. The minimum atomic E-state index is -5.08. The number of carbonyl (C=O) groups is 5. The van der Waals surface area contributed by atoms with E-state index in [0.717, 1.165) is 66.4 Å². The molecular weight excluding hydrogens is 1040 g/mol. The topological polar surface area (TPSA) is 286 Å². The number of phenols is 1. The van der Waals surface area contributed by atoms with E-state index in [4.69, 9.17) is 19.4 Å². The summed E-state index contributed by atoms with van der Waals surface area (Å²) in [6, 6.07) is 33.3. The van der Waals surface area contributed by atoms with Crippen LogP contribution < -0.4 is 42.0 Å². The van der Waals surface area contributed by atoms with Crippen LogP contribution in [-0.2, 0) is 19.1 Å². The molecule has 0 fully saturated rings. The maximum Gasteiger partial charge on any atom is 0.490 e. The van der Waals surface area contributed by atoms with Crippen molar-refractivity contribution in [3.05, 3.63) is 154 Å². The second-order valence-electron chi connectivity index (χ2n) is 16.5. The van der Waals surface area contributed by atoms with Gasteiger partial charge in [0.1, 0.15) is 28.0 Å². The van der Waals surface area contributed by atoms with Crippen LogP contribution in [0.3, 0.4) is 0 Å². The number of para-hydroxylation sites is 1. The fourth-order valence-electron chi connectivity index (χ4n) is 7.19. The molecule has 10 N–H and O–H groups in total. The normalized spacial score (nSPS) is 14.5. The fraction of sp³-hybridized carbons (Fsp3) is 0.222. The van der Waals surface area contributed by atoms with Gasteiger partial charge >= 0.3 is 24.1 Å². The lowest BCUT2D eigenvalue weighted by Gasteiger charge is -2.12. The summed E-state index contributed by atoms with van der Waals surface area (Å²) < 4.78 is 42.7. The smallest absolute Gasteiger partial charge is 0.490 e. The first-order valence-corrected chi connectivity index (χ1v) is 24.9. The maximum absolute atomic E-state index is 13.0. The number of halogens is 3. The van der Waals surface area contributed by atoms with Gasteiger partial charge in [-0.2, -0.15) is 13.2 Å². The number of amides is 4. The zero-order valence-electron chi connectivity index (χ0n) is 42.1. The van der Waals surface area contributed by atoms with Crippen LogP contribution in [0, 0.1) is 0 Å². The van der Waals surface area contributed by atoms with Crippen molar-refractivity contribution in [1.82, 2.24) is 16.0 Å². The van der Waals surface area contributed by atoms with Crippen molar-refractivity contribution in [1.29, 1.82) is 0 Å². The van der Waals surface area contributed by atoms with Crippen LogP contribution in [0.2, 0.25) is 0 Å². The van der Waals surface area contributed by atoms with Gasteiger partial charge in [0.25, 0.3) is 5.91 Å². The second kappa shape index (κ2) is 28.5. The number of esters is 1. The molecule has 0 atom stereocenters. The number of aliphatic imine (C=N–C) groups is 3. The van der Waals surface area contributed by atoms with E-state index in [9.17, 15) is 42.6 Å². The second-order valence-corrected chi connectivity index (χ2v) is 17.5. The molecule has 20 nitrogen and oxygen atoms in total. The first-order chi connectivity index (χ1) is 37.5. The molecule has 0 unspecified atom stereocenters. The highest BCUT2D eigenvalue weighted by molar-refractivity contribution is 8.18. The molecule has 0 saturated heterocycles. The number of rotatable bonds is 18. The van der Waals surface area contributed by atoms with Gasteiger partial charge < -0.3 is 62.0 Å². The van der Waals surface area contributed by atoms with E-state index in [2.05, 4.69) is 76.5 Å². The monoisotopic (exact) mass is 1090 g/mol. The number of hydrogen-bond acceptors (Lipinski definition) is 16. The SMILES string of the molecule is CCOC(=O)C1=C(O)/C(=C/c2ccc(OCCCCNC(=O)c3cc(NC=O)cc(NC(=O)Nc4ccc(C5=NCCN5)cc4)c3)c(O)c2)SC1=Nc1ccccc1.CNc1ccc(C2=NCCN2)cc1.O=C(O)C(F)(F)F. The quantitative estimate of drug-likeness (QED) is 0.0224. The predicted molar refractivity (Wildman–Crippen MR) is 294 cm³/mol. The number of nitrogens with zero attached hydrogens (tertiary/aromatic N) is 3. The fourth-order valence-corrected chi connectivity index (χ4v) is 8.22. The molecule has 408 valence electrons. The number of unbranched alkanes of at least 4 members (excludes halogenated alkanes) is 1. The molecule has 0 aromatic heterocycles. The van der Waals surface area contributed by atoms with Gasteiger partial charge in [0, 0.05) is 66.1 Å². The molecule has 5 aromatic carbocycles. The Bertz CT molecular complexity index is 3100. The maximum atomic E-state index is 13.0. The molecule has 3 heterocycles. The van der Waals surface area contributed by atoms with Gasteiger partial charge in [-0.1, -0.05) is 36.0 Å². The number of nitrogens with one attached hydrogen (secondary N) is 7. The molecule has 5 aromatic rings. The number of anilines is 4. The zero-order chi connectivity index (χ0) is 56.0. The number of carboxylic acids is 1. The van der Waals surface area contributed by atoms with E-state index < -0.39 is 30.1 Å². The molecule has 78 heavy (non-hydrogen) atoms. The van der Waals surface area contributed by atoms with Crippen LogP contribution >= 0.6 is 11.8 Å². The predicted octanol–water partition coefficient (Wildman–Crippen LogP) is 8.45. The summed E-state index contributed by atoms with van der Waals surface area (Å²) in [7, 11) is 1.92. The first-order valence-electron chi connectivity index (χ1n) is 24.1. The Kier molecular flexibility index (Phi) is 21.2. The molecule has 4 amide bonds. The van der Waals surface area contributed by atoms with Gasteiger partial charge in [0.2, 0.25) is 6.41 Å². The van der Waals surface area contributed by atoms with E-state index in [1.54, 1.807) is 49.4 Å². The van der Waals surface area contributed by atoms with Crippen LogP contribution in [0.1, 0.15) is 46.8 Å². The van der Waals surface area contributed by atoms with Gasteiger partial charge in [0.05, 0.1) is 36.9 Å². The van der Waals surface area contributed by atoms with Crippen molar-refractivity contribution >= 4 is 93.3 Å². The van der Waals surface area contributed by atoms with Gasteiger partial charge in [-0.3, -0.25) is 19.6 Å². The number of thioether (sulfide) groups is 1. The average molecular weight is 1090 g/mol. The molecule has 0 bridgehead atoms. The summed E-state index contributed by atoms with van der Waals surface area (Å²) in [5, 5.41) is 49.4. The lowest BCUT2D eigenvalue weighted by atomic mass is 10.1. The number of benzene rings is 5. The number of amidine groups is 2. The minimum absolute atomic E-state index is 0.0288. The van der Waals surface area contributed by atoms with Crippen molar-refractivity contribution in [3.63, 3.8) is 0 Å². The van der Waals surface area contributed by atoms with Crippen molar-refractivity contribution in [2.24, 2.45) is 15.0 Å². The summed E-state index contributed by atoms with van der Waals surface area (Å²) in [6.07, 6.45) is -1.88. The number of aliphatic hydroxyl groups excluding tert-OH is 1. The molecule has 0 spiro atoms. The largest absolute Gasteiger partial charge is 0.506 e. The van der Waals surface area contributed by atoms with Gasteiger partial charge in [-0.05, 0) is 122 Å². The standard InChI is InChI=1S/C42H41N7O8S.C10H13N3.C2HF3O2/c1-2-56-41(54)36-37(52)35(58-40(36)47-29-8-4-3-5-9-29)21-26-10-15-34(33(51)20-26)57-19-7-6-16-45-39(53)28-22-31(46-25-50)24-32(23-28)49-42(55)48-30-13-11-27(12-14-30)38-43-17-18-44-38;1-11-9-4-2-8(3-5-9)10-12-6-7-13-10;3-2(4,5)1(6)7/h3-5,8-15,20-25,51-52H,2,6-7,16-19H2,1H3,(H,43,44)(H,45,53)(H,46,50)(H2,48,49,55);2-5,11H,6-7H2,1H3,(H,12,13);(H,6,7)/b35-21-,47-40?;;. The highest BCUT2D eigenvalue weighted by Crippen LogP contribution is 2.41. The molecule has 0 aliphatic carbocycles. The first kappa shape index (κ1) is 57.9. The van der Waals surface area contributed by atoms with E-state index in [-0.39, 0.29) is 41.6 Å². The third-order valence-electron chi connectivity index (χ3n) is 10.9. The number of urea groups is 1. The number of ether oxygens (including phenoxy) is 2. The number of aliphatic hydroxyl groups is 1. The van der Waals surface area contributed by atoms with E-state index in [1.807, 2.05) is 37.4 Å². The third-order valence-corrected chi connectivity index (χ3v) is 11.9. The van der Waals surface area contributed by atoms with Gasteiger partial charge in [0.15, 0.2) is 11.5 Å². The van der Waals surface area contributed by atoms with Crippen molar-refractivity contribution in [3.8, 4) is 11.5 Å². The lowest BCUT2D eigenvalue weighted by molar-refractivity contribution is -0.192. The Morgan fingerprint density at radius 3 is 1.97 bits per heavy atom. The van der Waals surface area contributed by atoms with Crippen LogP contribution in [-0.4, -0.2) is 121 Å². The van der Waals surface area contributed by atoms with Crippen molar-refractivity contribution < 1.29 is 61.9 Å².